The van der Waals surface area contributed by atoms with Crippen LogP contribution < -0.4 is 5.73 Å². The summed E-state index contributed by atoms with van der Waals surface area (Å²) in [5, 5.41) is 0. The Morgan fingerprint density at radius 2 is 1.56 bits per heavy atom. The van der Waals surface area contributed by atoms with Gasteiger partial charge in [-0.25, -0.2) is 0 Å². The molecule has 2 N–H and O–H groups in total. The monoisotopic (exact) mass is 233 g/mol. The first-order valence-electron chi connectivity index (χ1n) is 6.29. The topological polar surface area (TPSA) is 52.3 Å². The van der Waals surface area contributed by atoms with Crippen molar-refractivity contribution in [2.45, 2.75) is 73.3 Å². The quantitative estimate of drug-likeness (QED) is 0.759. The van der Waals surface area contributed by atoms with Gasteiger partial charge in [0.1, 0.15) is 5.60 Å². The van der Waals surface area contributed by atoms with E-state index >= 15 is 0 Å². The Hall–Kier alpha value is -0.570. The van der Waals surface area contributed by atoms with Crippen molar-refractivity contribution in [1.82, 2.24) is 0 Å². The zero-order valence-electron chi connectivity index (χ0n) is 12.2. The van der Waals surface area contributed by atoms with E-state index < -0.39 is 0 Å². The van der Waals surface area contributed by atoms with E-state index in [-0.39, 0.29) is 11.6 Å². The highest BCUT2D eigenvalue weighted by Crippen LogP contribution is 2.08. The third-order valence-corrected chi connectivity index (χ3v) is 1.01. The van der Waals surface area contributed by atoms with Gasteiger partial charge in [0.15, 0.2) is 0 Å². The molecule has 0 aliphatic heterocycles. The fourth-order valence-electron chi connectivity index (χ4n) is 0.639. The fraction of sp³-hybridized carbons (Fsp3) is 0.923. The van der Waals surface area contributed by atoms with Crippen molar-refractivity contribution in [3.63, 3.8) is 0 Å². The number of hydrogen-bond acceptors (Lipinski definition) is 3. The van der Waals surface area contributed by atoms with Crippen LogP contribution in [0.4, 0.5) is 0 Å². The molecule has 0 atom stereocenters. The molecular formula is C13H31NO2. The van der Waals surface area contributed by atoms with Crippen LogP contribution in [0.2, 0.25) is 0 Å². The van der Waals surface area contributed by atoms with Crippen molar-refractivity contribution >= 4 is 5.97 Å². The molecule has 0 rings (SSSR count). The van der Waals surface area contributed by atoms with Crippen LogP contribution in [0.5, 0.6) is 0 Å². The Kier molecular flexibility index (Phi) is 18.8. The molecule has 100 valence electrons. The second-order valence-electron chi connectivity index (χ2n) is 4.19. The van der Waals surface area contributed by atoms with E-state index in [1.807, 2.05) is 34.6 Å². The second-order valence-corrected chi connectivity index (χ2v) is 4.19. The fourth-order valence-corrected chi connectivity index (χ4v) is 0.639. The molecule has 0 aliphatic rings. The molecule has 0 amide bonds. The van der Waals surface area contributed by atoms with Gasteiger partial charge in [0.25, 0.3) is 0 Å². The van der Waals surface area contributed by atoms with Crippen LogP contribution in [0.1, 0.15) is 67.7 Å². The summed E-state index contributed by atoms with van der Waals surface area (Å²) in [5.74, 6) is -0.164. The Bertz CT molecular complexity index is 139. The molecule has 0 radical (unpaired) electrons. The first-order chi connectivity index (χ1) is 7.37. The zero-order valence-corrected chi connectivity index (χ0v) is 12.2. The first-order valence-corrected chi connectivity index (χ1v) is 6.29. The van der Waals surface area contributed by atoms with Crippen LogP contribution in [0.15, 0.2) is 0 Å². The molecule has 0 saturated carbocycles. The van der Waals surface area contributed by atoms with Crippen molar-refractivity contribution < 1.29 is 9.53 Å². The highest BCUT2D eigenvalue weighted by atomic mass is 16.6. The van der Waals surface area contributed by atoms with Gasteiger partial charge >= 0.3 is 5.97 Å². The minimum Gasteiger partial charge on any atom is -0.460 e. The second kappa shape index (κ2) is 14.4. The van der Waals surface area contributed by atoms with Gasteiger partial charge in [0.05, 0.1) is 0 Å². The van der Waals surface area contributed by atoms with Gasteiger partial charge in [-0.2, -0.15) is 0 Å². The summed E-state index contributed by atoms with van der Waals surface area (Å²) in [6, 6.07) is 0. The van der Waals surface area contributed by atoms with Gasteiger partial charge in [0.2, 0.25) is 0 Å². The molecular weight excluding hydrogens is 202 g/mol. The van der Waals surface area contributed by atoms with E-state index in [0.717, 1.165) is 0 Å². The smallest absolute Gasteiger partial charge is 0.306 e. The normalized spacial score (nSPS) is 9.25. The Balaban J connectivity index is -0.000000289. The maximum Gasteiger partial charge on any atom is 0.306 e. The Labute approximate surface area is 102 Å². The summed E-state index contributed by atoms with van der Waals surface area (Å²) in [7, 11) is 0. The molecule has 16 heavy (non-hydrogen) atoms. The lowest BCUT2D eigenvalue weighted by molar-refractivity contribution is -0.154. The lowest BCUT2D eigenvalue weighted by Gasteiger charge is -2.19. The third-order valence-electron chi connectivity index (χ3n) is 1.01. The number of ether oxygens (including phenoxy) is 1. The number of esters is 1. The molecule has 0 aromatic rings. The van der Waals surface area contributed by atoms with Crippen LogP contribution in [0.3, 0.4) is 0 Å². The molecule has 0 bridgehead atoms. The van der Waals surface area contributed by atoms with Gasteiger partial charge in [-0.1, -0.05) is 34.1 Å². The lowest BCUT2D eigenvalue weighted by atomic mass is 10.2. The van der Waals surface area contributed by atoms with Gasteiger partial charge in [-0.3, -0.25) is 4.79 Å². The van der Waals surface area contributed by atoms with Crippen LogP contribution in [0.25, 0.3) is 0 Å². The minimum absolute atomic E-state index is 0.164. The molecule has 3 heteroatoms. The number of carbonyl (C=O) groups excluding carboxylic acids is 1. The van der Waals surface area contributed by atoms with E-state index in [1.165, 1.54) is 6.42 Å². The number of hydrogen-bond donors (Lipinski definition) is 1. The average Bonchev–Trinajstić information content (AvgIpc) is 2.16. The lowest BCUT2D eigenvalue weighted by Crippen LogP contribution is -2.24. The molecule has 0 spiro atoms. The average molecular weight is 233 g/mol. The predicted molar refractivity (Wildman–Crippen MR) is 71.4 cm³/mol. The number of nitrogens with two attached hydrogens (primary N) is 1. The van der Waals surface area contributed by atoms with Crippen molar-refractivity contribution in [3.05, 3.63) is 0 Å². The van der Waals surface area contributed by atoms with Crippen molar-refractivity contribution in [2.24, 2.45) is 5.73 Å². The third kappa shape index (κ3) is 29.2. The summed E-state index contributed by atoms with van der Waals surface area (Å²) in [4.78, 5) is 10.9. The molecule has 0 aliphatic carbocycles. The molecule has 3 nitrogen and oxygen atoms in total. The van der Waals surface area contributed by atoms with Gasteiger partial charge in [-0.15, -0.1) is 0 Å². The highest BCUT2D eigenvalue weighted by Gasteiger charge is 2.14. The Morgan fingerprint density at radius 3 is 1.81 bits per heavy atom. The molecule has 0 unspecified atom stereocenters. The molecule has 0 aromatic carbocycles. The van der Waals surface area contributed by atoms with Crippen molar-refractivity contribution in [2.75, 3.05) is 6.54 Å². The van der Waals surface area contributed by atoms with Crippen molar-refractivity contribution in [1.29, 1.82) is 0 Å². The maximum absolute atomic E-state index is 10.9. The van der Waals surface area contributed by atoms with Crippen LogP contribution in [-0.4, -0.2) is 18.1 Å². The van der Waals surface area contributed by atoms with Crippen LogP contribution in [-0.2, 0) is 9.53 Å². The maximum atomic E-state index is 10.9. The van der Waals surface area contributed by atoms with E-state index in [1.54, 1.807) is 0 Å². The highest BCUT2D eigenvalue weighted by molar-refractivity contribution is 5.69. The summed E-state index contributed by atoms with van der Waals surface area (Å²) in [5.41, 5.74) is 4.86. The summed E-state index contributed by atoms with van der Waals surface area (Å²) < 4.78 is 5.05. The van der Waals surface area contributed by atoms with Gasteiger partial charge < -0.3 is 10.5 Å². The summed E-state index contributed by atoms with van der Waals surface area (Å²) in [6.07, 6.45) is 2.38. The standard InChI is InChI=1S/C8H17NO2.C3H8.C2H6/c1-8(2,3)11-7(10)5-4-6-9;1-3-2;1-2/h4-6,9H2,1-3H3;3H2,1-2H3;1-2H3. The largest absolute Gasteiger partial charge is 0.460 e. The van der Waals surface area contributed by atoms with Crippen LogP contribution >= 0.6 is 0 Å². The number of carbonyl (C=O) groups is 1. The first kappa shape index (κ1) is 20.8. The summed E-state index contributed by atoms with van der Waals surface area (Å²) in [6.45, 7) is 14.4. The number of rotatable bonds is 3. The van der Waals surface area contributed by atoms with E-state index in [4.69, 9.17) is 10.5 Å². The van der Waals surface area contributed by atoms with Gasteiger partial charge in [0, 0.05) is 6.42 Å². The molecule has 0 fully saturated rings. The van der Waals surface area contributed by atoms with Crippen LogP contribution in [0, 0.1) is 0 Å². The zero-order chi connectivity index (χ0) is 13.6. The Morgan fingerprint density at radius 1 is 1.19 bits per heavy atom. The minimum atomic E-state index is -0.369. The van der Waals surface area contributed by atoms with Crippen molar-refractivity contribution in [3.8, 4) is 0 Å². The predicted octanol–water partition coefficient (Wildman–Crippen LogP) is 3.51. The SMILES string of the molecule is CC.CC(C)(C)OC(=O)CCCN.CCC. The van der Waals surface area contributed by atoms with Gasteiger partial charge in [-0.05, 0) is 33.7 Å². The molecule has 0 saturated heterocycles. The summed E-state index contributed by atoms with van der Waals surface area (Å²) >= 11 is 0. The van der Waals surface area contributed by atoms with E-state index in [0.29, 0.717) is 19.4 Å². The molecule has 0 aromatic heterocycles. The molecule has 0 heterocycles. The van der Waals surface area contributed by atoms with E-state index in [2.05, 4.69) is 13.8 Å². The van der Waals surface area contributed by atoms with E-state index in [9.17, 15) is 4.79 Å².